The molecule has 0 N–H and O–H groups in total. The highest BCUT2D eigenvalue weighted by Crippen LogP contribution is 2.09. The summed E-state index contributed by atoms with van der Waals surface area (Å²) in [5, 5.41) is 7.97. The van der Waals surface area contributed by atoms with Crippen molar-refractivity contribution in [1.29, 1.82) is 0 Å². The Balaban J connectivity index is 1.41. The van der Waals surface area contributed by atoms with Crippen LogP contribution in [0.3, 0.4) is 0 Å². The number of hydrogen-bond acceptors (Lipinski definition) is 7. The summed E-state index contributed by atoms with van der Waals surface area (Å²) in [5.74, 6) is 0.745. The largest absolute Gasteiger partial charge is 0.369 e. The van der Waals surface area contributed by atoms with Gasteiger partial charge in [0.2, 0.25) is 5.95 Å². The molecule has 1 fully saturated rings. The maximum atomic E-state index is 12.5. The molecule has 4 rings (SSSR count). The first kappa shape index (κ1) is 15.5. The monoisotopic (exact) mass is 338 g/mol. The summed E-state index contributed by atoms with van der Waals surface area (Å²) in [6, 6.07) is 11.1. The van der Waals surface area contributed by atoms with Crippen LogP contribution < -0.4 is 10.6 Å². The minimum atomic E-state index is -0.236. The van der Waals surface area contributed by atoms with Gasteiger partial charge in [0.15, 0.2) is 0 Å². The fourth-order valence-corrected chi connectivity index (χ4v) is 2.83. The number of piperazine rings is 1. The van der Waals surface area contributed by atoms with Gasteiger partial charge in [0.1, 0.15) is 6.67 Å². The van der Waals surface area contributed by atoms with E-state index in [1.54, 1.807) is 12.4 Å². The van der Waals surface area contributed by atoms with Gasteiger partial charge in [0.25, 0.3) is 0 Å². The van der Waals surface area contributed by atoms with Crippen LogP contribution in [0.1, 0.15) is 0 Å². The smallest absolute Gasteiger partial charge is 0.338 e. The molecule has 0 aliphatic carbocycles. The zero-order valence-corrected chi connectivity index (χ0v) is 13.6. The summed E-state index contributed by atoms with van der Waals surface area (Å²) in [6.07, 6.45) is 3.49. The topological polar surface area (TPSA) is 85.0 Å². The molecule has 0 atom stereocenters. The van der Waals surface area contributed by atoms with Crippen molar-refractivity contribution in [3.05, 3.63) is 59.3 Å². The van der Waals surface area contributed by atoms with E-state index in [4.69, 9.17) is 0 Å². The number of rotatable bonds is 4. The zero-order chi connectivity index (χ0) is 17.1. The van der Waals surface area contributed by atoms with E-state index in [1.165, 1.54) is 9.36 Å². The van der Waals surface area contributed by atoms with Gasteiger partial charge in [-0.05, 0) is 28.6 Å². The number of aromatic nitrogens is 6. The molecule has 0 unspecified atom stereocenters. The van der Waals surface area contributed by atoms with Crippen molar-refractivity contribution in [2.75, 3.05) is 31.1 Å². The van der Waals surface area contributed by atoms with Crippen LogP contribution in [0.4, 0.5) is 5.95 Å². The first-order chi connectivity index (χ1) is 12.3. The van der Waals surface area contributed by atoms with Gasteiger partial charge in [-0.2, -0.15) is 9.36 Å². The molecule has 9 nitrogen and oxygen atoms in total. The van der Waals surface area contributed by atoms with Gasteiger partial charge in [0, 0.05) is 38.6 Å². The fourth-order valence-electron chi connectivity index (χ4n) is 2.83. The van der Waals surface area contributed by atoms with Gasteiger partial charge >= 0.3 is 5.69 Å². The Labute approximate surface area is 144 Å². The van der Waals surface area contributed by atoms with Crippen LogP contribution >= 0.6 is 0 Å². The van der Waals surface area contributed by atoms with E-state index in [0.29, 0.717) is 12.4 Å². The fraction of sp³-hybridized carbons (Fsp3) is 0.312. The number of hydrogen-bond donors (Lipinski definition) is 0. The second-order valence-electron chi connectivity index (χ2n) is 5.80. The molecular weight excluding hydrogens is 320 g/mol. The average molecular weight is 338 g/mol. The van der Waals surface area contributed by atoms with Crippen LogP contribution in [0.2, 0.25) is 0 Å². The molecule has 1 saturated heterocycles. The number of nitrogens with zero attached hydrogens (tertiary/aromatic N) is 8. The molecule has 128 valence electrons. The lowest BCUT2D eigenvalue weighted by molar-refractivity contribution is 0.190. The summed E-state index contributed by atoms with van der Waals surface area (Å²) in [4.78, 5) is 25.3. The van der Waals surface area contributed by atoms with E-state index in [9.17, 15) is 4.79 Å². The molecule has 1 aliphatic heterocycles. The summed E-state index contributed by atoms with van der Waals surface area (Å²) in [7, 11) is 0. The predicted octanol–water partition coefficient (Wildman–Crippen LogP) is -0.00130. The minimum absolute atomic E-state index is 0.236. The van der Waals surface area contributed by atoms with Crippen molar-refractivity contribution in [3.8, 4) is 5.69 Å². The van der Waals surface area contributed by atoms with Crippen LogP contribution in [0.15, 0.2) is 53.6 Å². The molecule has 0 radical (unpaired) electrons. The zero-order valence-electron chi connectivity index (χ0n) is 13.6. The molecule has 0 saturated carbocycles. The van der Waals surface area contributed by atoms with Crippen molar-refractivity contribution in [2.45, 2.75) is 6.67 Å². The lowest BCUT2D eigenvalue weighted by atomic mass is 10.3. The Morgan fingerprint density at radius 1 is 0.880 bits per heavy atom. The summed E-state index contributed by atoms with van der Waals surface area (Å²) in [5.41, 5.74) is 0.477. The second-order valence-corrected chi connectivity index (χ2v) is 5.80. The third-order valence-electron chi connectivity index (χ3n) is 4.18. The Bertz CT molecular complexity index is 868. The average Bonchev–Trinajstić information content (AvgIpc) is 3.04. The van der Waals surface area contributed by atoms with Crippen LogP contribution in [0.25, 0.3) is 5.69 Å². The quantitative estimate of drug-likeness (QED) is 0.662. The first-order valence-corrected chi connectivity index (χ1v) is 8.14. The molecule has 3 heterocycles. The van der Waals surface area contributed by atoms with Gasteiger partial charge in [-0.1, -0.05) is 18.2 Å². The van der Waals surface area contributed by atoms with E-state index in [-0.39, 0.29) is 5.69 Å². The normalized spacial score (nSPS) is 15.4. The first-order valence-electron chi connectivity index (χ1n) is 8.14. The molecule has 1 aromatic carbocycles. The van der Waals surface area contributed by atoms with Crippen molar-refractivity contribution < 1.29 is 0 Å². The molecule has 0 spiro atoms. The van der Waals surface area contributed by atoms with Crippen LogP contribution in [-0.2, 0) is 6.67 Å². The number of benzene rings is 1. The van der Waals surface area contributed by atoms with Crippen molar-refractivity contribution >= 4 is 5.95 Å². The summed E-state index contributed by atoms with van der Waals surface area (Å²) >= 11 is 0. The summed E-state index contributed by atoms with van der Waals surface area (Å²) < 4.78 is 2.70. The lowest BCUT2D eigenvalue weighted by Gasteiger charge is -2.34. The molecule has 3 aromatic rings. The Hall–Kier alpha value is -3.07. The summed E-state index contributed by atoms with van der Waals surface area (Å²) in [6.45, 7) is 3.66. The van der Waals surface area contributed by atoms with E-state index >= 15 is 0 Å². The van der Waals surface area contributed by atoms with Gasteiger partial charge in [-0.15, -0.1) is 0 Å². The van der Waals surface area contributed by atoms with Crippen molar-refractivity contribution in [3.63, 3.8) is 0 Å². The second kappa shape index (κ2) is 6.81. The van der Waals surface area contributed by atoms with Crippen LogP contribution in [-0.4, -0.2) is 60.8 Å². The maximum absolute atomic E-state index is 12.5. The lowest BCUT2D eigenvalue weighted by Crippen LogP contribution is -2.48. The molecule has 1 aliphatic rings. The van der Waals surface area contributed by atoms with Gasteiger partial charge in [-0.25, -0.2) is 14.8 Å². The number of para-hydroxylation sites is 1. The number of tetrazole rings is 1. The number of anilines is 1. The van der Waals surface area contributed by atoms with Gasteiger partial charge in [0.05, 0.1) is 5.69 Å². The van der Waals surface area contributed by atoms with Crippen molar-refractivity contribution in [2.24, 2.45) is 0 Å². The van der Waals surface area contributed by atoms with Gasteiger partial charge in [-0.3, -0.25) is 4.90 Å². The van der Waals surface area contributed by atoms with E-state index < -0.39 is 0 Å². The maximum Gasteiger partial charge on any atom is 0.369 e. The molecule has 0 amide bonds. The van der Waals surface area contributed by atoms with Crippen molar-refractivity contribution in [1.82, 2.24) is 34.7 Å². The third kappa shape index (κ3) is 3.26. The standard InChI is InChI=1S/C16H18N8O/c25-16-23(19-20-24(16)14-5-2-1-3-6-14)13-21-9-11-22(12-10-21)15-17-7-4-8-18-15/h1-8H,9-13H2. The van der Waals surface area contributed by atoms with E-state index in [2.05, 4.69) is 30.2 Å². The molecule has 25 heavy (non-hydrogen) atoms. The third-order valence-corrected chi connectivity index (χ3v) is 4.18. The Kier molecular flexibility index (Phi) is 4.21. The highest BCUT2D eigenvalue weighted by Gasteiger charge is 2.20. The molecule has 0 bridgehead atoms. The predicted molar refractivity (Wildman–Crippen MR) is 91.4 cm³/mol. The minimum Gasteiger partial charge on any atom is -0.338 e. The molecule has 2 aromatic heterocycles. The Morgan fingerprint density at radius 2 is 1.60 bits per heavy atom. The van der Waals surface area contributed by atoms with E-state index in [0.717, 1.165) is 32.1 Å². The highest BCUT2D eigenvalue weighted by molar-refractivity contribution is 5.29. The van der Waals surface area contributed by atoms with Crippen LogP contribution in [0, 0.1) is 0 Å². The highest BCUT2D eigenvalue weighted by atomic mass is 16.2. The Morgan fingerprint density at radius 3 is 2.32 bits per heavy atom. The van der Waals surface area contributed by atoms with E-state index in [1.807, 2.05) is 36.4 Å². The SMILES string of the molecule is O=c1n(CN2CCN(c3ncccn3)CC2)nnn1-c1ccccc1. The van der Waals surface area contributed by atoms with Gasteiger partial charge < -0.3 is 4.90 Å². The van der Waals surface area contributed by atoms with Crippen LogP contribution in [0.5, 0.6) is 0 Å². The molecular formula is C16H18N8O. The molecule has 9 heteroatoms.